The molecule has 3 nitrogen and oxygen atoms in total. The van der Waals surface area contributed by atoms with Crippen molar-refractivity contribution in [3.63, 3.8) is 0 Å². The van der Waals surface area contributed by atoms with Crippen LogP contribution in [-0.4, -0.2) is 11.5 Å². The van der Waals surface area contributed by atoms with Crippen molar-refractivity contribution >= 4 is 5.69 Å². The lowest BCUT2D eigenvalue weighted by atomic mass is 9.79. The Kier molecular flexibility index (Phi) is 3.44. The van der Waals surface area contributed by atoms with Crippen LogP contribution in [0, 0.1) is 12.8 Å². The maximum Gasteiger partial charge on any atom is 0.0666 e. The zero-order valence-electron chi connectivity index (χ0n) is 9.95. The molecule has 1 aliphatic carbocycles. The van der Waals surface area contributed by atoms with E-state index < -0.39 is 0 Å². The highest BCUT2D eigenvalue weighted by Gasteiger charge is 2.24. The summed E-state index contributed by atoms with van der Waals surface area (Å²) < 4.78 is 0. The van der Waals surface area contributed by atoms with E-state index in [2.05, 4.69) is 4.98 Å². The molecule has 3 heteroatoms. The maximum absolute atomic E-state index is 6.11. The van der Waals surface area contributed by atoms with Crippen LogP contribution < -0.4 is 11.5 Å². The van der Waals surface area contributed by atoms with Crippen molar-refractivity contribution in [3.8, 4) is 0 Å². The Morgan fingerprint density at radius 1 is 1.44 bits per heavy atom. The van der Waals surface area contributed by atoms with Crippen molar-refractivity contribution in [2.75, 3.05) is 12.3 Å². The van der Waals surface area contributed by atoms with Gasteiger partial charge in [-0.2, -0.15) is 0 Å². The largest absolute Gasteiger partial charge is 0.397 e. The van der Waals surface area contributed by atoms with Gasteiger partial charge in [0.05, 0.1) is 11.4 Å². The highest BCUT2D eigenvalue weighted by Crippen LogP contribution is 2.37. The topological polar surface area (TPSA) is 64.9 Å². The maximum atomic E-state index is 6.11. The molecule has 2 unspecified atom stereocenters. The molecule has 1 aromatic rings. The number of nitrogens with zero attached hydrogens (tertiary/aromatic N) is 1. The van der Waals surface area contributed by atoms with Crippen molar-refractivity contribution in [1.82, 2.24) is 4.98 Å². The van der Waals surface area contributed by atoms with E-state index in [-0.39, 0.29) is 0 Å². The lowest BCUT2D eigenvalue weighted by Gasteiger charge is -2.28. The van der Waals surface area contributed by atoms with Crippen LogP contribution in [0.4, 0.5) is 5.69 Å². The fourth-order valence-corrected chi connectivity index (χ4v) is 2.67. The zero-order valence-corrected chi connectivity index (χ0v) is 9.95. The summed E-state index contributed by atoms with van der Waals surface area (Å²) >= 11 is 0. The van der Waals surface area contributed by atoms with E-state index in [0.29, 0.717) is 11.8 Å². The summed E-state index contributed by atoms with van der Waals surface area (Å²) in [5.74, 6) is 1.17. The normalized spacial score (nSPS) is 25.6. The van der Waals surface area contributed by atoms with Gasteiger partial charge < -0.3 is 11.5 Å². The molecule has 1 aliphatic rings. The molecule has 4 N–H and O–H groups in total. The molecule has 16 heavy (non-hydrogen) atoms. The summed E-state index contributed by atoms with van der Waals surface area (Å²) in [5.41, 5.74) is 15.0. The Balaban J connectivity index is 2.20. The van der Waals surface area contributed by atoms with E-state index in [9.17, 15) is 0 Å². The number of nitrogens with two attached hydrogens (primary N) is 2. The number of pyridine rings is 1. The molecule has 88 valence electrons. The van der Waals surface area contributed by atoms with Gasteiger partial charge in [-0.3, -0.25) is 4.98 Å². The summed E-state index contributed by atoms with van der Waals surface area (Å²) in [4.78, 5) is 4.47. The molecule has 2 rings (SSSR count). The Morgan fingerprint density at radius 3 is 3.00 bits per heavy atom. The third-order valence-electron chi connectivity index (χ3n) is 3.74. The smallest absolute Gasteiger partial charge is 0.0666 e. The van der Waals surface area contributed by atoms with Gasteiger partial charge in [0.1, 0.15) is 0 Å². The van der Waals surface area contributed by atoms with Gasteiger partial charge in [0.15, 0.2) is 0 Å². The van der Waals surface area contributed by atoms with Crippen LogP contribution in [0.25, 0.3) is 0 Å². The minimum absolute atomic E-state index is 0.516. The number of hydrogen-bond donors (Lipinski definition) is 2. The Morgan fingerprint density at radius 2 is 2.25 bits per heavy atom. The van der Waals surface area contributed by atoms with Gasteiger partial charge in [-0.1, -0.05) is 6.42 Å². The summed E-state index contributed by atoms with van der Waals surface area (Å²) in [6.45, 7) is 2.84. The molecule has 1 fully saturated rings. The SMILES string of the molecule is Cc1ccnc(C2CCCC(CN)C2)c1N. The minimum Gasteiger partial charge on any atom is -0.397 e. The second-order valence-corrected chi connectivity index (χ2v) is 4.89. The van der Waals surface area contributed by atoms with Crippen molar-refractivity contribution < 1.29 is 0 Å². The molecule has 0 amide bonds. The predicted molar refractivity (Wildman–Crippen MR) is 67.1 cm³/mol. The van der Waals surface area contributed by atoms with Crippen molar-refractivity contribution in [3.05, 3.63) is 23.5 Å². The number of nitrogen functional groups attached to an aromatic ring is 1. The first kappa shape index (κ1) is 11.4. The van der Waals surface area contributed by atoms with E-state index in [1.165, 1.54) is 19.3 Å². The van der Waals surface area contributed by atoms with E-state index in [1.807, 2.05) is 19.2 Å². The Hall–Kier alpha value is -1.09. The van der Waals surface area contributed by atoms with Gasteiger partial charge in [0.25, 0.3) is 0 Å². The highest BCUT2D eigenvalue weighted by molar-refractivity contribution is 5.51. The summed E-state index contributed by atoms with van der Waals surface area (Å²) in [6.07, 6.45) is 6.74. The molecule has 1 saturated carbocycles. The van der Waals surface area contributed by atoms with Gasteiger partial charge in [-0.15, -0.1) is 0 Å². The fourth-order valence-electron chi connectivity index (χ4n) is 2.67. The second kappa shape index (κ2) is 4.83. The molecule has 0 aromatic carbocycles. The number of anilines is 1. The lowest BCUT2D eigenvalue weighted by molar-refractivity contribution is 0.325. The molecule has 1 heterocycles. The van der Waals surface area contributed by atoms with Gasteiger partial charge in [0.2, 0.25) is 0 Å². The zero-order chi connectivity index (χ0) is 11.5. The molecule has 0 aliphatic heterocycles. The summed E-state index contributed by atoms with van der Waals surface area (Å²) in [6, 6.07) is 1.97. The Labute approximate surface area is 97.2 Å². The third-order valence-corrected chi connectivity index (χ3v) is 3.74. The molecule has 0 radical (unpaired) electrons. The quantitative estimate of drug-likeness (QED) is 0.801. The van der Waals surface area contributed by atoms with Crippen molar-refractivity contribution in [2.45, 2.75) is 38.5 Å². The second-order valence-electron chi connectivity index (χ2n) is 4.89. The first-order valence-corrected chi connectivity index (χ1v) is 6.13. The minimum atomic E-state index is 0.516. The van der Waals surface area contributed by atoms with E-state index in [4.69, 9.17) is 11.5 Å². The summed E-state index contributed by atoms with van der Waals surface area (Å²) in [7, 11) is 0. The van der Waals surface area contributed by atoms with Gasteiger partial charge >= 0.3 is 0 Å². The molecule has 2 atom stereocenters. The standard InChI is InChI=1S/C13H21N3/c1-9-5-6-16-13(12(9)15)11-4-2-3-10(7-11)8-14/h5-6,10-11H,2-4,7-8,14-15H2,1H3. The van der Waals surface area contributed by atoms with E-state index >= 15 is 0 Å². The lowest BCUT2D eigenvalue weighted by Crippen LogP contribution is -2.22. The number of aryl methyl sites for hydroxylation is 1. The average Bonchev–Trinajstić information content (AvgIpc) is 2.33. The van der Waals surface area contributed by atoms with Crippen LogP contribution in [0.1, 0.15) is 42.9 Å². The van der Waals surface area contributed by atoms with Crippen molar-refractivity contribution in [2.24, 2.45) is 11.7 Å². The van der Waals surface area contributed by atoms with Gasteiger partial charge in [-0.05, 0) is 50.3 Å². The van der Waals surface area contributed by atoms with E-state index in [0.717, 1.165) is 29.9 Å². The monoisotopic (exact) mass is 219 g/mol. The molecule has 1 aromatic heterocycles. The third kappa shape index (κ3) is 2.19. The molecule has 0 spiro atoms. The van der Waals surface area contributed by atoms with Crippen LogP contribution in [0.2, 0.25) is 0 Å². The van der Waals surface area contributed by atoms with E-state index in [1.54, 1.807) is 0 Å². The Bertz CT molecular complexity index is 362. The van der Waals surface area contributed by atoms with Crippen LogP contribution in [0.3, 0.4) is 0 Å². The molecular weight excluding hydrogens is 198 g/mol. The fraction of sp³-hybridized carbons (Fsp3) is 0.615. The van der Waals surface area contributed by atoms with Gasteiger partial charge in [0, 0.05) is 12.1 Å². The van der Waals surface area contributed by atoms with Crippen LogP contribution in [0.15, 0.2) is 12.3 Å². The van der Waals surface area contributed by atoms with Crippen molar-refractivity contribution in [1.29, 1.82) is 0 Å². The predicted octanol–water partition coefficient (Wildman–Crippen LogP) is 2.20. The van der Waals surface area contributed by atoms with Crippen LogP contribution in [-0.2, 0) is 0 Å². The van der Waals surface area contributed by atoms with Gasteiger partial charge in [-0.25, -0.2) is 0 Å². The van der Waals surface area contributed by atoms with Crippen LogP contribution in [0.5, 0.6) is 0 Å². The van der Waals surface area contributed by atoms with Crippen LogP contribution >= 0.6 is 0 Å². The summed E-state index contributed by atoms with van der Waals surface area (Å²) in [5, 5.41) is 0. The molecule has 0 bridgehead atoms. The molecular formula is C13H21N3. The highest BCUT2D eigenvalue weighted by atomic mass is 14.7. The number of aromatic nitrogens is 1. The number of hydrogen-bond acceptors (Lipinski definition) is 3. The first-order valence-electron chi connectivity index (χ1n) is 6.13. The molecule has 0 saturated heterocycles. The average molecular weight is 219 g/mol. The first-order chi connectivity index (χ1) is 7.72. The number of rotatable bonds is 2.